The monoisotopic (exact) mass is 620 g/mol. The van der Waals surface area contributed by atoms with E-state index in [0.717, 1.165) is 22.2 Å². The maximum Gasteiger partial charge on any atom is 0.238 e. The Hall–Kier alpha value is -5.65. The summed E-state index contributed by atoms with van der Waals surface area (Å²) in [6.07, 6.45) is 0. The lowest BCUT2D eigenvalue weighted by molar-refractivity contribution is 0.663. The Morgan fingerprint density at radius 3 is 2.13 bits per heavy atom. The average Bonchev–Trinajstić information content (AvgIpc) is 3.74. The minimum absolute atomic E-state index is 0.210. The van der Waals surface area contributed by atoms with Crippen LogP contribution in [0.5, 0.6) is 0 Å². The number of hydrogen-bond donors (Lipinski definition) is 0. The van der Waals surface area contributed by atoms with E-state index < -0.39 is 0 Å². The van der Waals surface area contributed by atoms with Crippen LogP contribution in [0.2, 0.25) is 0 Å². The molecule has 3 aromatic heterocycles. The highest BCUT2D eigenvalue weighted by Gasteiger charge is 2.38. The van der Waals surface area contributed by atoms with E-state index in [4.69, 9.17) is 15.0 Å². The summed E-state index contributed by atoms with van der Waals surface area (Å²) >= 11 is 1.80. The third-order valence-electron chi connectivity index (χ3n) is 9.85. The molecule has 0 spiro atoms. The SMILES string of the molecule is CC1(C)c2ccccc2-c2ccc3c4ccccc4n(-c4nc(-c5ccccc5)nc(-c5cccc6c5sc5ccccc56)n4)c3c21. The van der Waals surface area contributed by atoms with Gasteiger partial charge < -0.3 is 0 Å². The van der Waals surface area contributed by atoms with Crippen LogP contribution in [0.4, 0.5) is 0 Å². The number of hydrogen-bond acceptors (Lipinski definition) is 4. The van der Waals surface area contributed by atoms with Crippen LogP contribution in [0.25, 0.3) is 81.8 Å². The van der Waals surface area contributed by atoms with E-state index in [-0.39, 0.29) is 5.41 Å². The van der Waals surface area contributed by atoms with Crippen molar-refractivity contribution in [3.63, 3.8) is 0 Å². The predicted octanol–water partition coefficient (Wildman–Crippen LogP) is 11.0. The van der Waals surface area contributed by atoms with Gasteiger partial charge in [-0.05, 0) is 40.5 Å². The van der Waals surface area contributed by atoms with Gasteiger partial charge in [0.05, 0.1) is 11.0 Å². The molecule has 4 nitrogen and oxygen atoms in total. The number of nitrogens with zero attached hydrogens (tertiary/aromatic N) is 4. The van der Waals surface area contributed by atoms with Gasteiger partial charge in [0, 0.05) is 47.5 Å². The zero-order valence-electron chi connectivity index (χ0n) is 25.9. The van der Waals surface area contributed by atoms with E-state index in [0.29, 0.717) is 17.6 Å². The quantitative estimate of drug-likeness (QED) is 0.197. The summed E-state index contributed by atoms with van der Waals surface area (Å²) < 4.78 is 4.73. The normalized spacial score (nSPS) is 13.5. The van der Waals surface area contributed by atoms with E-state index in [1.807, 2.05) is 18.2 Å². The van der Waals surface area contributed by atoms with Crippen molar-refractivity contribution in [3.05, 3.63) is 145 Å². The van der Waals surface area contributed by atoms with Gasteiger partial charge in [0.15, 0.2) is 11.6 Å². The molecular weight excluding hydrogens is 593 g/mol. The van der Waals surface area contributed by atoms with Crippen molar-refractivity contribution in [1.29, 1.82) is 0 Å². The van der Waals surface area contributed by atoms with Gasteiger partial charge in [0.25, 0.3) is 0 Å². The second-order valence-electron chi connectivity index (χ2n) is 12.8. The number of thiophene rings is 1. The topological polar surface area (TPSA) is 43.6 Å². The second kappa shape index (κ2) is 9.68. The lowest BCUT2D eigenvalue weighted by Gasteiger charge is -2.23. The van der Waals surface area contributed by atoms with Crippen LogP contribution in [0.1, 0.15) is 25.0 Å². The van der Waals surface area contributed by atoms with Crippen LogP contribution in [-0.2, 0) is 5.41 Å². The van der Waals surface area contributed by atoms with Crippen LogP contribution < -0.4 is 0 Å². The van der Waals surface area contributed by atoms with Crippen molar-refractivity contribution in [2.24, 2.45) is 0 Å². The Morgan fingerprint density at radius 2 is 1.23 bits per heavy atom. The molecule has 0 atom stereocenters. The van der Waals surface area contributed by atoms with Gasteiger partial charge >= 0.3 is 0 Å². The molecule has 0 amide bonds. The Balaban J connectivity index is 1.33. The fourth-order valence-electron chi connectivity index (χ4n) is 7.74. The largest absolute Gasteiger partial charge is 0.277 e. The van der Waals surface area contributed by atoms with Crippen molar-refractivity contribution >= 4 is 53.3 Å². The van der Waals surface area contributed by atoms with Crippen molar-refractivity contribution in [1.82, 2.24) is 19.5 Å². The molecule has 47 heavy (non-hydrogen) atoms. The Morgan fingerprint density at radius 1 is 0.532 bits per heavy atom. The van der Waals surface area contributed by atoms with Gasteiger partial charge in [0.2, 0.25) is 5.95 Å². The number of benzene rings is 6. The van der Waals surface area contributed by atoms with Crippen molar-refractivity contribution in [2.75, 3.05) is 0 Å². The minimum atomic E-state index is -0.210. The molecule has 0 N–H and O–H groups in total. The molecule has 1 aliphatic carbocycles. The molecule has 0 saturated carbocycles. The van der Waals surface area contributed by atoms with Gasteiger partial charge in [-0.3, -0.25) is 4.57 Å². The van der Waals surface area contributed by atoms with Crippen molar-refractivity contribution in [3.8, 4) is 39.9 Å². The molecule has 6 aromatic carbocycles. The number of fused-ring (bicyclic) bond motifs is 10. The first-order valence-corrected chi connectivity index (χ1v) is 16.8. The average molecular weight is 621 g/mol. The lowest BCUT2D eigenvalue weighted by Crippen LogP contribution is -2.17. The minimum Gasteiger partial charge on any atom is -0.277 e. The summed E-state index contributed by atoms with van der Waals surface area (Å²) in [6.45, 7) is 4.69. The lowest BCUT2D eigenvalue weighted by atomic mass is 9.81. The van der Waals surface area contributed by atoms with Gasteiger partial charge in [0.1, 0.15) is 0 Å². The molecule has 0 radical (unpaired) electrons. The fourth-order valence-corrected chi connectivity index (χ4v) is 8.96. The standard InChI is InChI=1S/C42H28N4S/c1-42(2)33-20-9-6-15-26(33)29-23-24-30-27-16-7-10-21-34(27)46(37(30)36(29)42)41-44-39(25-13-4-3-5-14-25)43-40(45-41)32-19-12-18-31-28-17-8-11-22-35(28)47-38(31)32/h3-24H,1-2H3. The molecule has 0 unspecified atom stereocenters. The molecule has 0 saturated heterocycles. The number of aromatic nitrogens is 4. The van der Waals surface area contributed by atoms with Crippen LogP contribution in [0.15, 0.2) is 133 Å². The Bertz CT molecular complexity index is 2720. The maximum atomic E-state index is 5.36. The molecule has 1 aliphatic rings. The first-order valence-electron chi connectivity index (χ1n) is 16.0. The number of para-hydroxylation sites is 1. The summed E-state index contributed by atoms with van der Waals surface area (Å²) in [6, 6.07) is 47.4. The van der Waals surface area contributed by atoms with Crippen LogP contribution >= 0.6 is 11.3 Å². The van der Waals surface area contributed by atoms with E-state index in [2.05, 4.69) is 134 Å². The first kappa shape index (κ1) is 26.6. The van der Waals surface area contributed by atoms with E-state index >= 15 is 0 Å². The zero-order chi connectivity index (χ0) is 31.3. The number of rotatable bonds is 3. The van der Waals surface area contributed by atoms with E-state index in [1.165, 1.54) is 53.2 Å². The highest BCUT2D eigenvalue weighted by Crippen LogP contribution is 2.52. The van der Waals surface area contributed by atoms with Gasteiger partial charge in [-0.25, -0.2) is 4.98 Å². The molecule has 5 heteroatoms. The van der Waals surface area contributed by atoms with Gasteiger partial charge in [-0.15, -0.1) is 11.3 Å². The molecule has 0 aliphatic heterocycles. The third-order valence-corrected chi connectivity index (χ3v) is 11.1. The predicted molar refractivity (Wildman–Crippen MR) is 195 cm³/mol. The highest BCUT2D eigenvalue weighted by atomic mass is 32.1. The highest BCUT2D eigenvalue weighted by molar-refractivity contribution is 7.26. The summed E-state index contributed by atoms with van der Waals surface area (Å²) in [5.41, 5.74) is 9.22. The maximum absolute atomic E-state index is 5.36. The molecule has 9 aromatic rings. The van der Waals surface area contributed by atoms with Crippen LogP contribution in [-0.4, -0.2) is 19.5 Å². The fraction of sp³-hybridized carbons (Fsp3) is 0.0714. The Labute approximate surface area is 275 Å². The summed E-state index contributed by atoms with van der Waals surface area (Å²) in [5.74, 6) is 1.95. The van der Waals surface area contributed by atoms with E-state index in [9.17, 15) is 0 Å². The zero-order valence-corrected chi connectivity index (χ0v) is 26.7. The molecule has 0 bridgehead atoms. The van der Waals surface area contributed by atoms with Crippen molar-refractivity contribution in [2.45, 2.75) is 19.3 Å². The Kier molecular flexibility index (Phi) is 5.47. The smallest absolute Gasteiger partial charge is 0.238 e. The van der Waals surface area contributed by atoms with Crippen molar-refractivity contribution < 1.29 is 0 Å². The van der Waals surface area contributed by atoms with Crippen LogP contribution in [0, 0.1) is 0 Å². The second-order valence-corrected chi connectivity index (χ2v) is 13.9. The van der Waals surface area contributed by atoms with Gasteiger partial charge in [-0.1, -0.05) is 129 Å². The van der Waals surface area contributed by atoms with Gasteiger partial charge in [-0.2, -0.15) is 9.97 Å². The third kappa shape index (κ3) is 3.72. The summed E-state index contributed by atoms with van der Waals surface area (Å²) in [5, 5.41) is 4.87. The molecule has 222 valence electrons. The molecule has 0 fully saturated rings. The van der Waals surface area contributed by atoms with E-state index in [1.54, 1.807) is 11.3 Å². The summed E-state index contributed by atoms with van der Waals surface area (Å²) in [7, 11) is 0. The molecule has 3 heterocycles. The van der Waals surface area contributed by atoms with Crippen LogP contribution in [0.3, 0.4) is 0 Å². The molecule has 10 rings (SSSR count). The molecular formula is C42H28N4S. The summed E-state index contributed by atoms with van der Waals surface area (Å²) in [4.78, 5) is 15.8. The first-order chi connectivity index (χ1) is 23.1.